The summed E-state index contributed by atoms with van der Waals surface area (Å²) in [6.07, 6.45) is 8.22. The Morgan fingerprint density at radius 2 is 1.81 bits per heavy atom. The van der Waals surface area contributed by atoms with E-state index in [1.807, 2.05) is 0 Å². The molecule has 2 aliphatic rings. The topological polar surface area (TPSA) is 29.0 Å². The minimum Gasteiger partial charge on any atom is -0.353 e. The van der Waals surface area contributed by atoms with E-state index in [-0.39, 0.29) is 5.41 Å². The van der Waals surface area contributed by atoms with E-state index in [4.69, 9.17) is 4.98 Å². The number of anilines is 1. The summed E-state index contributed by atoms with van der Waals surface area (Å²) >= 11 is 3.58. The molecule has 0 radical (unpaired) electrons. The fourth-order valence-corrected chi connectivity index (χ4v) is 4.17. The Morgan fingerprint density at radius 1 is 1.10 bits per heavy atom. The summed E-state index contributed by atoms with van der Waals surface area (Å²) in [5.74, 6) is 2.93. The smallest absolute Gasteiger partial charge is 0.137 e. The van der Waals surface area contributed by atoms with Gasteiger partial charge in [0.1, 0.15) is 16.2 Å². The first-order chi connectivity index (χ1) is 9.95. The summed E-state index contributed by atoms with van der Waals surface area (Å²) in [7, 11) is 0. The highest BCUT2D eigenvalue weighted by Gasteiger charge is 2.34. The molecule has 0 unspecified atom stereocenters. The second-order valence-corrected chi connectivity index (χ2v) is 8.38. The number of halogens is 1. The van der Waals surface area contributed by atoms with Gasteiger partial charge in [-0.3, -0.25) is 0 Å². The molecule has 2 atom stereocenters. The summed E-state index contributed by atoms with van der Waals surface area (Å²) in [6, 6.07) is 2.80. The van der Waals surface area contributed by atoms with Gasteiger partial charge in [0.25, 0.3) is 0 Å². The molecular formula is C17H26BrN3. The maximum atomic E-state index is 4.90. The quantitative estimate of drug-likeness (QED) is 0.687. The van der Waals surface area contributed by atoms with E-state index in [0.717, 1.165) is 28.7 Å². The van der Waals surface area contributed by atoms with Gasteiger partial charge in [0.05, 0.1) is 0 Å². The van der Waals surface area contributed by atoms with Crippen LogP contribution in [0.25, 0.3) is 0 Å². The van der Waals surface area contributed by atoms with Gasteiger partial charge in [0.2, 0.25) is 0 Å². The lowest BCUT2D eigenvalue weighted by atomic mass is 9.78. The summed E-state index contributed by atoms with van der Waals surface area (Å²) < 4.78 is 0.912. The largest absolute Gasteiger partial charge is 0.353 e. The maximum absolute atomic E-state index is 4.90. The molecule has 2 fully saturated rings. The van der Waals surface area contributed by atoms with Crippen LogP contribution in [0.1, 0.15) is 65.1 Å². The predicted octanol–water partition coefficient (Wildman–Crippen LogP) is 4.70. The average Bonchev–Trinajstić information content (AvgIpc) is 2.45. The normalized spacial score (nSPS) is 26.6. The Morgan fingerprint density at radius 3 is 2.57 bits per heavy atom. The molecular weight excluding hydrogens is 326 g/mol. The van der Waals surface area contributed by atoms with Crippen molar-refractivity contribution in [3.8, 4) is 0 Å². The zero-order valence-electron chi connectivity index (χ0n) is 13.4. The van der Waals surface area contributed by atoms with E-state index < -0.39 is 0 Å². The van der Waals surface area contributed by atoms with E-state index in [9.17, 15) is 0 Å². The predicted molar refractivity (Wildman–Crippen MR) is 90.8 cm³/mol. The van der Waals surface area contributed by atoms with E-state index in [0.29, 0.717) is 6.04 Å². The lowest BCUT2D eigenvalue weighted by Crippen LogP contribution is -2.47. The molecule has 1 saturated heterocycles. The van der Waals surface area contributed by atoms with Crippen molar-refractivity contribution < 1.29 is 0 Å². The van der Waals surface area contributed by atoms with Crippen molar-refractivity contribution in [2.45, 2.75) is 70.8 Å². The molecule has 1 aromatic rings. The fraction of sp³-hybridized carbons (Fsp3) is 0.765. The summed E-state index contributed by atoms with van der Waals surface area (Å²) in [4.78, 5) is 12.1. The third-order valence-electron chi connectivity index (χ3n) is 4.89. The van der Waals surface area contributed by atoms with Crippen LogP contribution in [-0.2, 0) is 5.41 Å². The van der Waals surface area contributed by atoms with Crippen molar-refractivity contribution in [2.24, 2.45) is 5.92 Å². The molecule has 1 aromatic heterocycles. The van der Waals surface area contributed by atoms with Gasteiger partial charge in [-0.2, -0.15) is 0 Å². The van der Waals surface area contributed by atoms with Crippen molar-refractivity contribution in [3.05, 3.63) is 16.5 Å². The van der Waals surface area contributed by atoms with Gasteiger partial charge < -0.3 is 4.90 Å². The minimum atomic E-state index is -0.0136. The van der Waals surface area contributed by atoms with Crippen molar-refractivity contribution in [2.75, 3.05) is 11.4 Å². The highest BCUT2D eigenvalue weighted by molar-refractivity contribution is 9.10. The highest BCUT2D eigenvalue weighted by atomic mass is 79.9. The van der Waals surface area contributed by atoms with Crippen molar-refractivity contribution in [1.29, 1.82) is 0 Å². The number of rotatable bonds is 1. The molecule has 1 aliphatic heterocycles. The molecule has 2 heterocycles. The second kappa shape index (κ2) is 5.86. The summed E-state index contributed by atoms with van der Waals surface area (Å²) in [5, 5.41) is 0. The van der Waals surface area contributed by atoms with Crippen LogP contribution in [-0.4, -0.2) is 22.6 Å². The lowest BCUT2D eigenvalue weighted by molar-refractivity contribution is 0.242. The molecule has 116 valence electrons. The first-order valence-electron chi connectivity index (χ1n) is 8.27. The van der Waals surface area contributed by atoms with Crippen LogP contribution < -0.4 is 4.90 Å². The molecule has 0 bridgehead atoms. The number of aromatic nitrogens is 2. The number of hydrogen-bond acceptors (Lipinski definition) is 3. The molecule has 0 N–H and O–H groups in total. The SMILES string of the molecule is CC(C)(C)c1nc(Br)cc(N2CCC[C@H]3CCCC[C@H]32)n1. The van der Waals surface area contributed by atoms with Crippen LogP contribution in [0.3, 0.4) is 0 Å². The zero-order valence-corrected chi connectivity index (χ0v) is 15.0. The van der Waals surface area contributed by atoms with Gasteiger partial charge in [-0.15, -0.1) is 0 Å². The Hall–Kier alpha value is -0.640. The molecule has 3 rings (SSSR count). The van der Waals surface area contributed by atoms with E-state index in [2.05, 4.69) is 52.7 Å². The van der Waals surface area contributed by atoms with Crippen LogP contribution >= 0.6 is 15.9 Å². The minimum absolute atomic E-state index is 0.0136. The summed E-state index contributed by atoms with van der Waals surface area (Å²) in [6.45, 7) is 7.68. The van der Waals surface area contributed by atoms with Gasteiger partial charge in [0, 0.05) is 24.1 Å². The zero-order chi connectivity index (χ0) is 15.0. The van der Waals surface area contributed by atoms with Crippen molar-refractivity contribution in [1.82, 2.24) is 9.97 Å². The van der Waals surface area contributed by atoms with Crippen LogP contribution in [0.2, 0.25) is 0 Å². The van der Waals surface area contributed by atoms with E-state index in [1.165, 1.54) is 38.5 Å². The number of nitrogens with zero attached hydrogens (tertiary/aromatic N) is 3. The molecule has 0 amide bonds. The molecule has 0 spiro atoms. The monoisotopic (exact) mass is 351 g/mol. The summed E-state index contributed by atoms with van der Waals surface area (Å²) in [5.41, 5.74) is -0.0136. The van der Waals surface area contributed by atoms with Crippen LogP contribution in [0.4, 0.5) is 5.82 Å². The maximum Gasteiger partial charge on any atom is 0.137 e. The first kappa shape index (κ1) is 15.3. The van der Waals surface area contributed by atoms with Gasteiger partial charge >= 0.3 is 0 Å². The lowest BCUT2D eigenvalue weighted by Gasteiger charge is -2.45. The third-order valence-corrected chi connectivity index (χ3v) is 5.30. The number of piperidine rings is 1. The Bertz CT molecular complexity index is 507. The van der Waals surface area contributed by atoms with Crippen LogP contribution in [0.15, 0.2) is 10.7 Å². The van der Waals surface area contributed by atoms with Crippen molar-refractivity contribution in [3.63, 3.8) is 0 Å². The van der Waals surface area contributed by atoms with Crippen molar-refractivity contribution >= 4 is 21.7 Å². The van der Waals surface area contributed by atoms with Gasteiger partial charge in [-0.25, -0.2) is 9.97 Å². The molecule has 1 saturated carbocycles. The average molecular weight is 352 g/mol. The second-order valence-electron chi connectivity index (χ2n) is 7.57. The molecule has 1 aliphatic carbocycles. The fourth-order valence-electron chi connectivity index (χ4n) is 3.80. The third kappa shape index (κ3) is 3.25. The molecule has 4 heteroatoms. The Balaban J connectivity index is 1.93. The molecule has 3 nitrogen and oxygen atoms in total. The Kier molecular flexibility index (Phi) is 4.26. The van der Waals surface area contributed by atoms with Gasteiger partial charge in [-0.1, -0.05) is 33.6 Å². The standard InChI is InChI=1S/C17H26BrN3/c1-17(2,3)16-19-14(18)11-15(20-16)21-10-6-8-12-7-4-5-9-13(12)21/h11-13H,4-10H2,1-3H3/t12-,13-/m1/s1. The van der Waals surface area contributed by atoms with Gasteiger partial charge in [0.15, 0.2) is 0 Å². The van der Waals surface area contributed by atoms with Crippen LogP contribution in [0.5, 0.6) is 0 Å². The first-order valence-corrected chi connectivity index (χ1v) is 9.06. The number of hydrogen-bond donors (Lipinski definition) is 0. The van der Waals surface area contributed by atoms with Gasteiger partial charge in [-0.05, 0) is 47.5 Å². The van der Waals surface area contributed by atoms with E-state index >= 15 is 0 Å². The highest BCUT2D eigenvalue weighted by Crippen LogP contribution is 2.38. The van der Waals surface area contributed by atoms with E-state index in [1.54, 1.807) is 0 Å². The Labute approximate surface area is 136 Å². The molecule has 21 heavy (non-hydrogen) atoms. The van der Waals surface area contributed by atoms with Crippen LogP contribution in [0, 0.1) is 5.92 Å². The number of fused-ring (bicyclic) bond motifs is 1. The molecule has 0 aromatic carbocycles.